The maximum Gasteiger partial charge on any atom is 0.264 e. The van der Waals surface area contributed by atoms with Crippen LogP contribution in [0, 0.1) is 6.92 Å². The van der Waals surface area contributed by atoms with E-state index in [1.165, 1.54) is 44.2 Å². The molecular formula is C27H31N3O5S. The number of hydrogen-bond donors (Lipinski definition) is 1. The van der Waals surface area contributed by atoms with Crippen LogP contribution < -0.4 is 19.2 Å². The van der Waals surface area contributed by atoms with Gasteiger partial charge >= 0.3 is 0 Å². The van der Waals surface area contributed by atoms with Gasteiger partial charge in [0.05, 0.1) is 31.0 Å². The second-order valence-corrected chi connectivity index (χ2v) is 10.3. The molecule has 0 spiro atoms. The van der Waals surface area contributed by atoms with Crippen LogP contribution in [0.2, 0.25) is 0 Å². The van der Waals surface area contributed by atoms with E-state index in [1.54, 1.807) is 24.3 Å². The summed E-state index contributed by atoms with van der Waals surface area (Å²) >= 11 is 0. The first-order valence-electron chi connectivity index (χ1n) is 11.4. The van der Waals surface area contributed by atoms with Crippen LogP contribution in [0.4, 0.5) is 5.69 Å². The van der Waals surface area contributed by atoms with Gasteiger partial charge in [-0.2, -0.15) is 5.10 Å². The van der Waals surface area contributed by atoms with E-state index in [4.69, 9.17) is 9.47 Å². The van der Waals surface area contributed by atoms with Crippen LogP contribution in [0.25, 0.3) is 0 Å². The molecule has 1 amide bonds. The number of hydrogen-bond acceptors (Lipinski definition) is 6. The molecule has 0 saturated heterocycles. The molecule has 3 aromatic rings. The lowest BCUT2D eigenvalue weighted by Gasteiger charge is -2.25. The van der Waals surface area contributed by atoms with Gasteiger partial charge in [0, 0.05) is 6.07 Å². The highest BCUT2D eigenvalue weighted by Crippen LogP contribution is 2.35. The van der Waals surface area contributed by atoms with Crippen molar-refractivity contribution in [1.29, 1.82) is 0 Å². The zero-order chi connectivity index (χ0) is 26.3. The number of benzene rings is 3. The number of methoxy groups -OCH3 is 2. The molecule has 0 radical (unpaired) electrons. The zero-order valence-corrected chi connectivity index (χ0v) is 21.9. The predicted molar refractivity (Wildman–Crippen MR) is 142 cm³/mol. The van der Waals surface area contributed by atoms with Gasteiger partial charge in [0.25, 0.3) is 15.9 Å². The number of sulfonamides is 1. The first-order valence-corrected chi connectivity index (χ1v) is 12.8. The molecule has 0 heterocycles. The Labute approximate surface area is 212 Å². The van der Waals surface area contributed by atoms with E-state index in [1.807, 2.05) is 31.2 Å². The van der Waals surface area contributed by atoms with Crippen LogP contribution >= 0.6 is 0 Å². The molecule has 1 N–H and O–H groups in total. The van der Waals surface area contributed by atoms with Gasteiger partial charge in [0.1, 0.15) is 18.0 Å². The lowest BCUT2D eigenvalue weighted by molar-refractivity contribution is -0.119. The Morgan fingerprint density at radius 1 is 1.00 bits per heavy atom. The Morgan fingerprint density at radius 2 is 1.67 bits per heavy atom. The van der Waals surface area contributed by atoms with Crippen LogP contribution in [0.15, 0.2) is 76.7 Å². The summed E-state index contributed by atoms with van der Waals surface area (Å²) in [6.45, 7) is 5.55. The molecule has 190 valence electrons. The summed E-state index contributed by atoms with van der Waals surface area (Å²) < 4.78 is 38.9. The number of carbonyl (C=O) groups is 1. The smallest absolute Gasteiger partial charge is 0.264 e. The molecule has 0 aliphatic carbocycles. The van der Waals surface area contributed by atoms with Crippen molar-refractivity contribution in [3.8, 4) is 11.5 Å². The van der Waals surface area contributed by atoms with E-state index in [9.17, 15) is 13.2 Å². The van der Waals surface area contributed by atoms with Crippen molar-refractivity contribution in [2.24, 2.45) is 5.10 Å². The summed E-state index contributed by atoms with van der Waals surface area (Å²) in [5, 5.41) is 4.00. The zero-order valence-electron chi connectivity index (χ0n) is 21.1. The van der Waals surface area contributed by atoms with Crippen LogP contribution in [-0.2, 0) is 14.8 Å². The van der Waals surface area contributed by atoms with Crippen molar-refractivity contribution in [1.82, 2.24) is 5.43 Å². The molecule has 0 fully saturated rings. The van der Waals surface area contributed by atoms with E-state index in [2.05, 4.69) is 24.4 Å². The van der Waals surface area contributed by atoms with Gasteiger partial charge in [-0.15, -0.1) is 0 Å². The second kappa shape index (κ2) is 11.7. The standard InChI is InChI=1S/C27H31N3O5S/c1-19(2)22-10-8-21(9-11-22)17-28-29-27(31)18-30(25-16-23(34-4)12-15-26(25)35-5)36(32,33)24-13-6-20(3)7-14-24/h6-17,19H,18H2,1-5H3,(H,29,31)/b28-17-. The fraction of sp³-hybridized carbons (Fsp3) is 0.259. The van der Waals surface area contributed by atoms with Gasteiger partial charge in [-0.05, 0) is 48.2 Å². The minimum Gasteiger partial charge on any atom is -0.497 e. The van der Waals surface area contributed by atoms with Gasteiger partial charge in [-0.1, -0.05) is 55.8 Å². The molecule has 8 nitrogen and oxygen atoms in total. The Kier molecular flexibility index (Phi) is 8.71. The van der Waals surface area contributed by atoms with Crippen molar-refractivity contribution < 1.29 is 22.7 Å². The van der Waals surface area contributed by atoms with Crippen LogP contribution in [0.1, 0.15) is 36.5 Å². The molecule has 0 saturated carbocycles. The number of nitrogens with one attached hydrogen (secondary N) is 1. The van der Waals surface area contributed by atoms with Crippen molar-refractivity contribution in [3.05, 3.63) is 83.4 Å². The molecule has 3 aromatic carbocycles. The number of aryl methyl sites for hydroxylation is 1. The third kappa shape index (κ3) is 6.42. The van der Waals surface area contributed by atoms with Gasteiger partial charge in [-0.3, -0.25) is 9.10 Å². The summed E-state index contributed by atoms with van der Waals surface area (Å²) in [6.07, 6.45) is 1.51. The van der Waals surface area contributed by atoms with Crippen LogP contribution in [-0.4, -0.2) is 41.3 Å². The lowest BCUT2D eigenvalue weighted by atomic mass is 10.0. The van der Waals surface area contributed by atoms with Crippen LogP contribution in [0.3, 0.4) is 0 Å². The Morgan fingerprint density at radius 3 is 2.25 bits per heavy atom. The predicted octanol–water partition coefficient (Wildman–Crippen LogP) is 4.48. The van der Waals surface area contributed by atoms with Crippen molar-refractivity contribution in [3.63, 3.8) is 0 Å². The van der Waals surface area contributed by atoms with Gasteiger partial charge in [0.15, 0.2) is 0 Å². The minimum absolute atomic E-state index is 0.0412. The summed E-state index contributed by atoms with van der Waals surface area (Å²) in [4.78, 5) is 12.9. The highest BCUT2D eigenvalue weighted by atomic mass is 32.2. The molecule has 9 heteroatoms. The van der Waals surface area contributed by atoms with E-state index in [0.29, 0.717) is 11.7 Å². The van der Waals surface area contributed by atoms with E-state index >= 15 is 0 Å². The van der Waals surface area contributed by atoms with E-state index < -0.39 is 22.5 Å². The van der Waals surface area contributed by atoms with Crippen molar-refractivity contribution in [2.75, 3.05) is 25.1 Å². The largest absolute Gasteiger partial charge is 0.497 e. The van der Waals surface area contributed by atoms with Gasteiger partial charge in [-0.25, -0.2) is 13.8 Å². The summed E-state index contributed by atoms with van der Waals surface area (Å²) in [7, 11) is -1.23. The third-order valence-corrected chi connectivity index (χ3v) is 7.33. The number of hydrazone groups is 1. The fourth-order valence-corrected chi connectivity index (χ4v) is 4.86. The molecule has 0 unspecified atom stereocenters. The highest BCUT2D eigenvalue weighted by molar-refractivity contribution is 7.92. The average Bonchev–Trinajstić information content (AvgIpc) is 2.87. The fourth-order valence-electron chi connectivity index (χ4n) is 3.44. The van der Waals surface area contributed by atoms with Crippen molar-refractivity contribution >= 4 is 27.8 Å². The normalized spacial score (nSPS) is 11.5. The average molecular weight is 510 g/mol. The maximum absolute atomic E-state index is 13.6. The summed E-state index contributed by atoms with van der Waals surface area (Å²) in [5.74, 6) is 0.475. The number of anilines is 1. The quantitative estimate of drug-likeness (QED) is 0.321. The topological polar surface area (TPSA) is 97.3 Å². The molecule has 3 rings (SSSR count). The minimum atomic E-state index is -4.13. The van der Waals surface area contributed by atoms with Gasteiger partial charge in [0.2, 0.25) is 0 Å². The second-order valence-electron chi connectivity index (χ2n) is 8.48. The summed E-state index contributed by atoms with van der Waals surface area (Å²) in [6, 6.07) is 18.9. The number of rotatable bonds is 10. The highest BCUT2D eigenvalue weighted by Gasteiger charge is 2.30. The number of nitrogens with zero attached hydrogens (tertiary/aromatic N) is 2. The van der Waals surface area contributed by atoms with E-state index in [0.717, 1.165) is 15.4 Å². The molecule has 0 bridgehead atoms. The molecule has 0 aliphatic heterocycles. The molecule has 0 aliphatic rings. The Balaban J connectivity index is 1.90. The SMILES string of the molecule is COc1ccc(OC)c(N(CC(=O)N/N=C\c2ccc(C(C)C)cc2)S(=O)(=O)c2ccc(C)cc2)c1. The van der Waals surface area contributed by atoms with Crippen molar-refractivity contribution in [2.45, 2.75) is 31.6 Å². The first-order chi connectivity index (χ1) is 17.1. The lowest BCUT2D eigenvalue weighted by Crippen LogP contribution is -2.39. The summed E-state index contributed by atoms with van der Waals surface area (Å²) in [5.41, 5.74) is 5.50. The number of ether oxygens (including phenoxy) is 2. The first kappa shape index (κ1) is 26.7. The third-order valence-electron chi connectivity index (χ3n) is 5.56. The molecule has 36 heavy (non-hydrogen) atoms. The van der Waals surface area contributed by atoms with E-state index in [-0.39, 0.29) is 16.3 Å². The molecule has 0 atom stereocenters. The maximum atomic E-state index is 13.6. The molecule has 0 aromatic heterocycles. The van der Waals surface area contributed by atoms with Gasteiger partial charge < -0.3 is 9.47 Å². The van der Waals surface area contributed by atoms with Crippen LogP contribution in [0.5, 0.6) is 11.5 Å². The molecular weight excluding hydrogens is 478 g/mol. The number of amides is 1. The number of carbonyl (C=O) groups excluding carboxylic acids is 1. The monoisotopic (exact) mass is 509 g/mol. The Hall–Kier alpha value is -3.85. The Bertz CT molecular complexity index is 1320.